The molecule has 3 N–H and O–H groups in total. The standard InChI is InChI=1S/C10H15N3O2S2/c11-9-8(17(14,15)7-4-5-7)10(16-13-9)12-6-2-1-3-6/h6-7,12H,1-5H2,(H2,11,13). The van der Waals surface area contributed by atoms with Gasteiger partial charge in [0, 0.05) is 6.04 Å². The third-order valence-corrected chi connectivity index (χ3v) is 6.62. The average molecular weight is 273 g/mol. The molecule has 0 radical (unpaired) electrons. The minimum Gasteiger partial charge on any atom is -0.382 e. The van der Waals surface area contributed by atoms with Crippen molar-refractivity contribution in [2.24, 2.45) is 0 Å². The fraction of sp³-hybridized carbons (Fsp3) is 0.700. The monoisotopic (exact) mass is 273 g/mol. The van der Waals surface area contributed by atoms with E-state index in [0.717, 1.165) is 37.2 Å². The lowest BCUT2D eigenvalue weighted by atomic mass is 9.93. The van der Waals surface area contributed by atoms with Gasteiger partial charge in [-0.3, -0.25) is 0 Å². The Balaban J connectivity index is 1.93. The van der Waals surface area contributed by atoms with Gasteiger partial charge in [0.05, 0.1) is 5.25 Å². The predicted molar refractivity (Wildman–Crippen MR) is 68.0 cm³/mol. The Labute approximate surface area is 104 Å². The molecule has 1 aromatic heterocycles. The molecule has 0 unspecified atom stereocenters. The van der Waals surface area contributed by atoms with Gasteiger partial charge >= 0.3 is 0 Å². The van der Waals surface area contributed by atoms with Gasteiger partial charge in [0.2, 0.25) is 0 Å². The maximum atomic E-state index is 12.2. The summed E-state index contributed by atoms with van der Waals surface area (Å²) in [5.41, 5.74) is 5.71. The number of aromatic nitrogens is 1. The van der Waals surface area contributed by atoms with E-state index in [1.54, 1.807) is 0 Å². The molecule has 3 rings (SSSR count). The molecule has 17 heavy (non-hydrogen) atoms. The summed E-state index contributed by atoms with van der Waals surface area (Å²) in [6.45, 7) is 0. The summed E-state index contributed by atoms with van der Waals surface area (Å²) in [5.74, 6) is 0.156. The van der Waals surface area contributed by atoms with E-state index >= 15 is 0 Å². The maximum Gasteiger partial charge on any atom is 0.187 e. The van der Waals surface area contributed by atoms with Gasteiger partial charge in [0.15, 0.2) is 15.7 Å². The summed E-state index contributed by atoms with van der Waals surface area (Å²) < 4.78 is 28.4. The number of nitrogens with zero attached hydrogens (tertiary/aromatic N) is 1. The summed E-state index contributed by atoms with van der Waals surface area (Å²) in [7, 11) is -3.25. The van der Waals surface area contributed by atoms with E-state index in [4.69, 9.17) is 5.73 Å². The summed E-state index contributed by atoms with van der Waals surface area (Å²) in [4.78, 5) is 0.247. The minimum atomic E-state index is -3.25. The number of hydrogen-bond acceptors (Lipinski definition) is 6. The number of sulfone groups is 1. The first-order valence-corrected chi connectivity index (χ1v) is 8.16. The van der Waals surface area contributed by atoms with E-state index in [-0.39, 0.29) is 16.0 Å². The van der Waals surface area contributed by atoms with Crippen molar-refractivity contribution in [2.45, 2.75) is 48.3 Å². The van der Waals surface area contributed by atoms with Crippen molar-refractivity contribution in [2.75, 3.05) is 11.1 Å². The number of nitrogens with one attached hydrogen (secondary N) is 1. The van der Waals surface area contributed by atoms with Crippen LogP contribution in [0.1, 0.15) is 32.1 Å². The van der Waals surface area contributed by atoms with Gasteiger partial charge < -0.3 is 11.1 Å². The zero-order chi connectivity index (χ0) is 12.0. The zero-order valence-corrected chi connectivity index (χ0v) is 11.0. The number of anilines is 2. The molecule has 2 aliphatic rings. The highest BCUT2D eigenvalue weighted by Gasteiger charge is 2.41. The Morgan fingerprint density at radius 3 is 2.53 bits per heavy atom. The molecule has 94 valence electrons. The van der Waals surface area contributed by atoms with E-state index in [1.165, 1.54) is 6.42 Å². The van der Waals surface area contributed by atoms with Crippen LogP contribution in [0.4, 0.5) is 10.8 Å². The zero-order valence-electron chi connectivity index (χ0n) is 9.35. The molecule has 0 spiro atoms. The predicted octanol–water partition coefficient (Wildman–Crippen LogP) is 1.63. The van der Waals surface area contributed by atoms with Crippen molar-refractivity contribution in [3.8, 4) is 0 Å². The van der Waals surface area contributed by atoms with Crippen LogP contribution in [0.15, 0.2) is 4.90 Å². The van der Waals surface area contributed by atoms with Crippen molar-refractivity contribution in [1.82, 2.24) is 4.37 Å². The normalized spacial score (nSPS) is 21.2. The molecule has 1 aromatic rings. The van der Waals surface area contributed by atoms with E-state index < -0.39 is 9.84 Å². The second-order valence-corrected chi connectivity index (χ2v) is 7.68. The van der Waals surface area contributed by atoms with Gasteiger partial charge in [-0.2, -0.15) is 4.37 Å². The highest BCUT2D eigenvalue weighted by molar-refractivity contribution is 7.92. The molecule has 7 heteroatoms. The number of nitrogen functional groups attached to an aromatic ring is 1. The van der Waals surface area contributed by atoms with Crippen LogP contribution >= 0.6 is 11.5 Å². The smallest absolute Gasteiger partial charge is 0.187 e. The molecule has 2 saturated carbocycles. The van der Waals surface area contributed by atoms with Crippen LogP contribution in [0, 0.1) is 0 Å². The Kier molecular flexibility index (Phi) is 2.55. The molecule has 5 nitrogen and oxygen atoms in total. The molecule has 0 amide bonds. The van der Waals surface area contributed by atoms with Crippen molar-refractivity contribution in [1.29, 1.82) is 0 Å². The van der Waals surface area contributed by atoms with Crippen LogP contribution in [0.25, 0.3) is 0 Å². The van der Waals surface area contributed by atoms with Gasteiger partial charge in [-0.05, 0) is 43.6 Å². The first-order chi connectivity index (χ1) is 8.09. The number of nitrogens with two attached hydrogens (primary N) is 1. The van der Waals surface area contributed by atoms with Crippen molar-refractivity contribution < 1.29 is 8.42 Å². The van der Waals surface area contributed by atoms with Crippen LogP contribution in [0.2, 0.25) is 0 Å². The SMILES string of the molecule is Nc1nsc(NC2CCC2)c1S(=O)(=O)C1CC1. The fourth-order valence-electron chi connectivity index (χ4n) is 1.94. The molecule has 0 bridgehead atoms. The molecule has 0 atom stereocenters. The highest BCUT2D eigenvalue weighted by atomic mass is 32.2. The first kappa shape index (κ1) is 11.3. The van der Waals surface area contributed by atoms with Crippen LogP contribution in [0.5, 0.6) is 0 Å². The largest absolute Gasteiger partial charge is 0.382 e. The van der Waals surface area contributed by atoms with Gasteiger partial charge in [0.25, 0.3) is 0 Å². The van der Waals surface area contributed by atoms with E-state index in [9.17, 15) is 8.42 Å². The lowest BCUT2D eigenvalue weighted by Gasteiger charge is -2.26. The second kappa shape index (κ2) is 3.84. The fourth-order valence-corrected chi connectivity index (χ4v) is 4.89. The maximum absolute atomic E-state index is 12.2. The lowest BCUT2D eigenvalue weighted by molar-refractivity contribution is 0.445. The highest BCUT2D eigenvalue weighted by Crippen LogP contribution is 2.41. The van der Waals surface area contributed by atoms with Gasteiger partial charge in [-0.25, -0.2) is 8.42 Å². The van der Waals surface area contributed by atoms with Gasteiger partial charge in [-0.1, -0.05) is 0 Å². The van der Waals surface area contributed by atoms with Crippen molar-refractivity contribution in [3.63, 3.8) is 0 Å². The Bertz CT molecular complexity index is 530. The lowest BCUT2D eigenvalue weighted by Crippen LogP contribution is -2.27. The summed E-state index contributed by atoms with van der Waals surface area (Å²) in [5, 5.41) is 3.66. The summed E-state index contributed by atoms with van der Waals surface area (Å²) >= 11 is 1.16. The van der Waals surface area contributed by atoms with Gasteiger partial charge in [-0.15, -0.1) is 0 Å². The molecule has 0 aliphatic heterocycles. The molecule has 0 aromatic carbocycles. The Hall–Kier alpha value is -0.820. The van der Waals surface area contributed by atoms with E-state index in [0.29, 0.717) is 11.0 Å². The van der Waals surface area contributed by atoms with Crippen LogP contribution in [-0.2, 0) is 9.84 Å². The van der Waals surface area contributed by atoms with Crippen LogP contribution in [0.3, 0.4) is 0 Å². The van der Waals surface area contributed by atoms with Crippen molar-refractivity contribution in [3.05, 3.63) is 0 Å². The third kappa shape index (κ3) is 1.91. The van der Waals surface area contributed by atoms with E-state index in [1.807, 2.05) is 0 Å². The van der Waals surface area contributed by atoms with Crippen molar-refractivity contribution >= 4 is 32.2 Å². The molecule has 2 fully saturated rings. The van der Waals surface area contributed by atoms with Crippen LogP contribution < -0.4 is 11.1 Å². The molecule has 2 aliphatic carbocycles. The van der Waals surface area contributed by atoms with E-state index in [2.05, 4.69) is 9.69 Å². The number of hydrogen-bond donors (Lipinski definition) is 2. The van der Waals surface area contributed by atoms with Crippen LogP contribution in [-0.4, -0.2) is 24.1 Å². The molecular weight excluding hydrogens is 258 g/mol. The summed E-state index contributed by atoms with van der Waals surface area (Å²) in [6, 6.07) is 0.392. The quantitative estimate of drug-likeness (QED) is 0.871. The third-order valence-electron chi connectivity index (χ3n) is 3.36. The Morgan fingerprint density at radius 2 is 2.00 bits per heavy atom. The average Bonchev–Trinajstić information content (AvgIpc) is 2.98. The topological polar surface area (TPSA) is 85.1 Å². The number of rotatable bonds is 4. The molecule has 1 heterocycles. The molecular formula is C10H15N3O2S2. The Morgan fingerprint density at radius 1 is 1.29 bits per heavy atom. The van der Waals surface area contributed by atoms with Gasteiger partial charge in [0.1, 0.15) is 9.90 Å². The molecule has 0 saturated heterocycles. The first-order valence-electron chi connectivity index (χ1n) is 5.84. The minimum absolute atomic E-state index is 0.156. The summed E-state index contributed by atoms with van der Waals surface area (Å²) in [6.07, 6.45) is 4.90. The second-order valence-electron chi connectivity index (χ2n) is 4.74.